The molecule has 9 heteroatoms. The summed E-state index contributed by atoms with van der Waals surface area (Å²) in [7, 11) is 0. The second-order valence-corrected chi connectivity index (χ2v) is 8.92. The predicted molar refractivity (Wildman–Crippen MR) is 108 cm³/mol. The first-order chi connectivity index (χ1) is 13.1. The molecule has 0 radical (unpaired) electrons. The molecule has 28 heavy (non-hydrogen) atoms. The maximum atomic E-state index is 6.16. The minimum absolute atomic E-state index is 0.262. The Bertz CT molecular complexity index is 762. The summed E-state index contributed by atoms with van der Waals surface area (Å²) in [5.74, 6) is -1.38. The number of anilines is 1. The van der Waals surface area contributed by atoms with Crippen molar-refractivity contribution in [1.29, 1.82) is 0 Å². The molecule has 3 fully saturated rings. The van der Waals surface area contributed by atoms with Gasteiger partial charge < -0.3 is 34.3 Å². The van der Waals surface area contributed by atoms with Gasteiger partial charge in [0.2, 0.25) is 0 Å². The van der Waals surface area contributed by atoms with Gasteiger partial charge in [0.25, 0.3) is 0 Å². The Morgan fingerprint density at radius 3 is 2.57 bits per heavy atom. The number of benzene rings is 1. The first kappa shape index (κ1) is 20.3. The fourth-order valence-electron chi connectivity index (χ4n) is 3.78. The van der Waals surface area contributed by atoms with Crippen LogP contribution in [0, 0.1) is 0 Å². The number of hydrogen-bond donors (Lipinski definition) is 2. The molecule has 0 aliphatic carbocycles. The van der Waals surface area contributed by atoms with Crippen molar-refractivity contribution < 1.29 is 23.7 Å². The van der Waals surface area contributed by atoms with E-state index >= 15 is 0 Å². The summed E-state index contributed by atoms with van der Waals surface area (Å²) in [4.78, 5) is 0. The number of hydrogen-bond acceptors (Lipinski definition) is 6. The van der Waals surface area contributed by atoms with E-state index in [4.69, 9.17) is 47.5 Å². The Morgan fingerprint density at radius 2 is 1.89 bits per heavy atom. The molecule has 0 bridgehead atoms. The molecule has 7 nitrogen and oxygen atoms in total. The lowest BCUT2D eigenvalue weighted by molar-refractivity contribution is -0.223. The number of ether oxygens (including phenoxy) is 5. The van der Waals surface area contributed by atoms with Gasteiger partial charge in [-0.25, -0.2) is 0 Å². The predicted octanol–water partition coefficient (Wildman–Crippen LogP) is 3.02. The highest BCUT2D eigenvalue weighted by Gasteiger charge is 2.58. The van der Waals surface area contributed by atoms with Gasteiger partial charge in [-0.3, -0.25) is 0 Å². The lowest BCUT2D eigenvalue weighted by Gasteiger charge is -2.30. The third-order valence-electron chi connectivity index (χ3n) is 4.86. The van der Waals surface area contributed by atoms with Gasteiger partial charge in [0, 0.05) is 10.7 Å². The van der Waals surface area contributed by atoms with E-state index in [1.807, 2.05) is 39.8 Å². The van der Waals surface area contributed by atoms with Crippen LogP contribution in [0.25, 0.3) is 0 Å². The molecule has 4 rings (SSSR count). The van der Waals surface area contributed by atoms with E-state index in [1.54, 1.807) is 12.1 Å². The number of fused-ring (bicyclic) bond motifs is 1. The molecule has 0 amide bonds. The molecule has 0 saturated carbocycles. The zero-order valence-corrected chi connectivity index (χ0v) is 17.8. The monoisotopic (exact) mass is 428 g/mol. The number of rotatable bonds is 3. The summed E-state index contributed by atoms with van der Waals surface area (Å²) in [5.41, 5.74) is 0.794. The maximum Gasteiger partial charge on any atom is 0.189 e. The van der Waals surface area contributed by atoms with Crippen molar-refractivity contribution in [2.75, 3.05) is 11.9 Å². The Balaban J connectivity index is 1.49. The molecule has 2 N–H and O–H groups in total. The SMILES string of the molecule is CC1(C)O[C@H]2O[C@H]([C@H]3COC(C)(C)O3)[C@@H](NC(=S)Nc3cccc(Cl)c3)[C@H]2O1. The van der Waals surface area contributed by atoms with Gasteiger partial charge >= 0.3 is 0 Å². The van der Waals surface area contributed by atoms with Gasteiger partial charge in [0.1, 0.15) is 18.3 Å². The van der Waals surface area contributed by atoms with Gasteiger partial charge in [-0.15, -0.1) is 0 Å². The Kier molecular flexibility index (Phi) is 5.33. The third kappa shape index (κ3) is 4.28. The average molecular weight is 429 g/mol. The molecule has 0 spiro atoms. The molecule has 1 aromatic rings. The topological polar surface area (TPSA) is 70.2 Å². The van der Waals surface area contributed by atoms with E-state index in [9.17, 15) is 0 Å². The van der Waals surface area contributed by atoms with Gasteiger partial charge in [0.05, 0.1) is 12.6 Å². The number of nitrogens with one attached hydrogen (secondary N) is 2. The Labute approximate surface area is 174 Å². The van der Waals surface area contributed by atoms with Crippen molar-refractivity contribution in [2.45, 2.75) is 69.9 Å². The van der Waals surface area contributed by atoms with Crippen molar-refractivity contribution in [3.05, 3.63) is 29.3 Å². The zero-order chi connectivity index (χ0) is 20.1. The molecule has 3 saturated heterocycles. The summed E-state index contributed by atoms with van der Waals surface area (Å²) < 4.78 is 29.9. The second kappa shape index (κ2) is 7.36. The summed E-state index contributed by atoms with van der Waals surface area (Å²) in [6.45, 7) is 7.91. The summed E-state index contributed by atoms with van der Waals surface area (Å²) >= 11 is 11.6. The van der Waals surface area contributed by atoms with Crippen molar-refractivity contribution in [3.8, 4) is 0 Å². The largest absolute Gasteiger partial charge is 0.354 e. The van der Waals surface area contributed by atoms with Gasteiger partial charge in [0.15, 0.2) is 23.0 Å². The molecule has 3 aliphatic heterocycles. The molecule has 5 atom stereocenters. The van der Waals surface area contributed by atoms with Gasteiger partial charge in [-0.05, 0) is 58.1 Å². The average Bonchev–Trinajstić information content (AvgIpc) is 3.18. The van der Waals surface area contributed by atoms with Crippen LogP contribution in [0.15, 0.2) is 24.3 Å². The van der Waals surface area contributed by atoms with Crippen LogP contribution in [0.4, 0.5) is 5.69 Å². The lowest BCUT2D eigenvalue weighted by Crippen LogP contribution is -2.53. The van der Waals surface area contributed by atoms with E-state index in [0.29, 0.717) is 16.7 Å². The number of thiocarbonyl (C=S) groups is 1. The van der Waals surface area contributed by atoms with E-state index in [1.165, 1.54) is 0 Å². The normalized spacial score (nSPS) is 35.5. The first-order valence-electron chi connectivity index (χ1n) is 9.28. The molecule has 154 valence electrons. The van der Waals surface area contributed by atoms with Crippen LogP contribution >= 0.6 is 23.8 Å². The molecule has 3 aliphatic rings. The molecule has 3 heterocycles. The zero-order valence-electron chi connectivity index (χ0n) is 16.2. The summed E-state index contributed by atoms with van der Waals surface area (Å²) in [6, 6.07) is 7.08. The van der Waals surface area contributed by atoms with E-state index < -0.39 is 17.9 Å². The van der Waals surface area contributed by atoms with Crippen LogP contribution in [0.3, 0.4) is 0 Å². The van der Waals surface area contributed by atoms with Crippen molar-refractivity contribution in [3.63, 3.8) is 0 Å². The molecule has 0 aromatic heterocycles. The van der Waals surface area contributed by atoms with E-state index in [-0.39, 0.29) is 24.4 Å². The molecule has 1 aromatic carbocycles. The van der Waals surface area contributed by atoms with Crippen molar-refractivity contribution >= 4 is 34.6 Å². The van der Waals surface area contributed by atoms with Crippen molar-refractivity contribution in [2.24, 2.45) is 0 Å². The lowest BCUT2D eigenvalue weighted by atomic mass is 10.0. The van der Waals surface area contributed by atoms with Crippen LogP contribution < -0.4 is 10.6 Å². The fourth-order valence-corrected chi connectivity index (χ4v) is 4.22. The molecule has 0 unspecified atom stereocenters. The highest BCUT2D eigenvalue weighted by molar-refractivity contribution is 7.80. The Morgan fingerprint density at radius 1 is 1.11 bits per heavy atom. The van der Waals surface area contributed by atoms with Gasteiger partial charge in [-0.2, -0.15) is 0 Å². The minimum Gasteiger partial charge on any atom is -0.354 e. The standard InChI is InChI=1S/C19H25ClN2O5S/c1-18(2)23-9-12(25-18)14-13(15-16(24-14)27-19(3,4)26-15)22-17(28)21-11-7-5-6-10(20)8-11/h5-8,12-16H,9H2,1-4H3,(H2,21,22,28)/t12-,13-,14-,15-,16-/m1/s1. The summed E-state index contributed by atoms with van der Waals surface area (Å²) in [6.07, 6.45) is -1.43. The second-order valence-electron chi connectivity index (χ2n) is 8.07. The minimum atomic E-state index is -0.728. The Hall–Kier alpha value is -1.00. The number of halogens is 1. The van der Waals surface area contributed by atoms with Crippen LogP contribution in [-0.2, 0) is 23.7 Å². The molecular formula is C19H25ClN2O5S. The van der Waals surface area contributed by atoms with Crippen LogP contribution in [0.2, 0.25) is 5.02 Å². The van der Waals surface area contributed by atoms with Gasteiger partial charge in [-0.1, -0.05) is 17.7 Å². The molecular weight excluding hydrogens is 404 g/mol. The van der Waals surface area contributed by atoms with Crippen LogP contribution in [0.5, 0.6) is 0 Å². The third-order valence-corrected chi connectivity index (χ3v) is 5.32. The summed E-state index contributed by atoms with van der Waals surface area (Å²) in [5, 5.41) is 7.54. The highest BCUT2D eigenvalue weighted by atomic mass is 35.5. The first-order valence-corrected chi connectivity index (χ1v) is 10.1. The maximum absolute atomic E-state index is 6.16. The smallest absolute Gasteiger partial charge is 0.189 e. The van der Waals surface area contributed by atoms with Crippen molar-refractivity contribution in [1.82, 2.24) is 5.32 Å². The highest BCUT2D eigenvalue weighted by Crippen LogP contribution is 2.40. The van der Waals surface area contributed by atoms with Crippen LogP contribution in [0.1, 0.15) is 27.7 Å². The quantitative estimate of drug-likeness (QED) is 0.712. The van der Waals surface area contributed by atoms with Crippen LogP contribution in [-0.4, -0.2) is 53.9 Å². The fraction of sp³-hybridized carbons (Fsp3) is 0.632. The van der Waals surface area contributed by atoms with E-state index in [0.717, 1.165) is 5.69 Å². The van der Waals surface area contributed by atoms with E-state index in [2.05, 4.69) is 10.6 Å².